The third kappa shape index (κ3) is 2.60. The highest BCUT2D eigenvalue weighted by atomic mass is 32.1. The van der Waals surface area contributed by atoms with E-state index in [1.54, 1.807) is 0 Å². The van der Waals surface area contributed by atoms with E-state index in [0.29, 0.717) is 11.0 Å². The van der Waals surface area contributed by atoms with E-state index in [4.69, 9.17) is 18.0 Å². The molecule has 0 aliphatic carbocycles. The molecule has 92 valence electrons. The SMILES string of the molecule is CC(CN1c2ccccc2CCC1C)C(N)=S. The standard InChI is InChI=1S/C14H20N2S/c1-10(14(15)17)9-16-11(2)7-8-12-5-3-4-6-13(12)16/h3-6,10-11H,7-9H2,1-2H3,(H2,15,17). The molecule has 0 aromatic heterocycles. The number of hydrogen-bond donors (Lipinski definition) is 1. The molecule has 2 atom stereocenters. The number of hydrogen-bond acceptors (Lipinski definition) is 2. The largest absolute Gasteiger partial charge is 0.393 e. The van der Waals surface area contributed by atoms with Crippen LogP contribution in [0.5, 0.6) is 0 Å². The summed E-state index contributed by atoms with van der Waals surface area (Å²) in [6.07, 6.45) is 2.39. The molecule has 1 aromatic carbocycles. The zero-order valence-corrected chi connectivity index (χ0v) is 11.3. The van der Waals surface area contributed by atoms with Gasteiger partial charge in [-0.2, -0.15) is 0 Å². The van der Waals surface area contributed by atoms with E-state index in [1.807, 2.05) is 0 Å². The van der Waals surface area contributed by atoms with Gasteiger partial charge in [-0.15, -0.1) is 0 Å². The molecular formula is C14H20N2S. The molecule has 0 amide bonds. The van der Waals surface area contributed by atoms with Gasteiger partial charge in [-0.1, -0.05) is 37.3 Å². The zero-order valence-electron chi connectivity index (χ0n) is 10.5. The lowest BCUT2D eigenvalue weighted by molar-refractivity contribution is 0.539. The van der Waals surface area contributed by atoms with E-state index in [9.17, 15) is 0 Å². The van der Waals surface area contributed by atoms with Crippen LogP contribution in [-0.2, 0) is 6.42 Å². The smallest absolute Gasteiger partial charge is 0.0773 e. The van der Waals surface area contributed by atoms with Gasteiger partial charge in [0, 0.05) is 24.2 Å². The quantitative estimate of drug-likeness (QED) is 0.834. The molecule has 0 spiro atoms. The van der Waals surface area contributed by atoms with Crippen molar-refractivity contribution in [3.8, 4) is 0 Å². The van der Waals surface area contributed by atoms with Crippen molar-refractivity contribution in [2.24, 2.45) is 11.7 Å². The Labute approximate surface area is 109 Å². The van der Waals surface area contributed by atoms with Crippen molar-refractivity contribution in [3.05, 3.63) is 29.8 Å². The van der Waals surface area contributed by atoms with Crippen LogP contribution in [0, 0.1) is 5.92 Å². The molecule has 0 saturated carbocycles. The fraction of sp³-hybridized carbons (Fsp3) is 0.500. The van der Waals surface area contributed by atoms with Gasteiger partial charge in [0.1, 0.15) is 0 Å². The monoisotopic (exact) mass is 248 g/mol. The first-order valence-electron chi connectivity index (χ1n) is 6.23. The fourth-order valence-corrected chi connectivity index (χ4v) is 2.50. The Morgan fingerprint density at radius 2 is 2.24 bits per heavy atom. The summed E-state index contributed by atoms with van der Waals surface area (Å²) in [4.78, 5) is 3.06. The topological polar surface area (TPSA) is 29.3 Å². The number of aryl methyl sites for hydroxylation is 1. The van der Waals surface area contributed by atoms with Crippen molar-refractivity contribution >= 4 is 22.9 Å². The summed E-state index contributed by atoms with van der Waals surface area (Å²) in [5.41, 5.74) is 8.52. The summed E-state index contributed by atoms with van der Waals surface area (Å²) >= 11 is 5.08. The van der Waals surface area contributed by atoms with Crippen LogP contribution in [0.15, 0.2) is 24.3 Å². The van der Waals surface area contributed by atoms with Gasteiger partial charge in [0.2, 0.25) is 0 Å². The summed E-state index contributed by atoms with van der Waals surface area (Å²) in [5, 5.41) is 0. The molecule has 0 fully saturated rings. The summed E-state index contributed by atoms with van der Waals surface area (Å²) in [6.45, 7) is 5.31. The number of anilines is 1. The highest BCUT2D eigenvalue weighted by Gasteiger charge is 2.24. The van der Waals surface area contributed by atoms with Gasteiger partial charge in [0.05, 0.1) is 4.99 Å². The van der Waals surface area contributed by atoms with Gasteiger partial charge in [-0.25, -0.2) is 0 Å². The molecule has 0 bridgehead atoms. The number of rotatable bonds is 3. The number of benzene rings is 1. The van der Waals surface area contributed by atoms with Gasteiger partial charge >= 0.3 is 0 Å². The van der Waals surface area contributed by atoms with E-state index in [-0.39, 0.29) is 5.92 Å². The first kappa shape index (κ1) is 12.4. The third-order valence-electron chi connectivity index (χ3n) is 3.62. The van der Waals surface area contributed by atoms with Crippen LogP contribution in [0.4, 0.5) is 5.69 Å². The van der Waals surface area contributed by atoms with Crippen molar-refractivity contribution in [1.29, 1.82) is 0 Å². The second kappa shape index (κ2) is 5.05. The van der Waals surface area contributed by atoms with Gasteiger partial charge in [-0.05, 0) is 31.4 Å². The van der Waals surface area contributed by atoms with Crippen LogP contribution in [0.3, 0.4) is 0 Å². The molecule has 1 aliphatic heterocycles. The maximum Gasteiger partial charge on any atom is 0.0773 e. The third-order valence-corrected chi connectivity index (χ3v) is 4.02. The number of fused-ring (bicyclic) bond motifs is 1. The van der Waals surface area contributed by atoms with Crippen LogP contribution in [0.2, 0.25) is 0 Å². The Morgan fingerprint density at radius 1 is 1.53 bits per heavy atom. The van der Waals surface area contributed by atoms with Gasteiger partial charge in [-0.3, -0.25) is 0 Å². The molecule has 2 rings (SSSR count). The highest BCUT2D eigenvalue weighted by Crippen LogP contribution is 2.30. The second-order valence-corrected chi connectivity index (χ2v) is 5.44. The molecule has 3 heteroatoms. The predicted molar refractivity (Wildman–Crippen MR) is 77.5 cm³/mol. The Hall–Kier alpha value is -1.09. The lowest BCUT2D eigenvalue weighted by atomic mass is 9.95. The molecule has 0 radical (unpaired) electrons. The zero-order chi connectivity index (χ0) is 12.4. The minimum absolute atomic E-state index is 0.263. The fourth-order valence-electron chi connectivity index (χ4n) is 2.42. The summed E-state index contributed by atoms with van der Waals surface area (Å²) < 4.78 is 0. The van der Waals surface area contributed by atoms with Crippen LogP contribution < -0.4 is 10.6 Å². The Kier molecular flexibility index (Phi) is 3.67. The number of thiocarbonyl (C=S) groups is 1. The molecule has 1 aromatic rings. The van der Waals surface area contributed by atoms with Gasteiger partial charge in [0.25, 0.3) is 0 Å². The first-order chi connectivity index (χ1) is 8.09. The predicted octanol–water partition coefficient (Wildman–Crippen LogP) is 2.75. The van der Waals surface area contributed by atoms with Crippen molar-refractivity contribution in [2.45, 2.75) is 32.7 Å². The molecule has 2 unspecified atom stereocenters. The molecule has 17 heavy (non-hydrogen) atoms. The van der Waals surface area contributed by atoms with E-state index >= 15 is 0 Å². The lowest BCUT2D eigenvalue weighted by Crippen LogP contribution is -2.42. The Morgan fingerprint density at radius 3 is 2.94 bits per heavy atom. The molecule has 2 nitrogen and oxygen atoms in total. The summed E-state index contributed by atoms with van der Waals surface area (Å²) in [6, 6.07) is 9.22. The average molecular weight is 248 g/mol. The molecule has 1 heterocycles. The van der Waals surface area contributed by atoms with Gasteiger partial charge < -0.3 is 10.6 Å². The number of nitrogens with two attached hydrogens (primary N) is 1. The Balaban J connectivity index is 2.23. The molecule has 1 aliphatic rings. The van der Waals surface area contributed by atoms with Crippen LogP contribution in [0.1, 0.15) is 25.8 Å². The van der Waals surface area contributed by atoms with E-state index in [1.165, 1.54) is 24.1 Å². The first-order valence-corrected chi connectivity index (χ1v) is 6.64. The minimum atomic E-state index is 0.263. The van der Waals surface area contributed by atoms with Crippen LogP contribution in [-0.4, -0.2) is 17.6 Å². The minimum Gasteiger partial charge on any atom is -0.393 e. The molecule has 0 saturated heterocycles. The average Bonchev–Trinajstić information content (AvgIpc) is 2.32. The van der Waals surface area contributed by atoms with Crippen molar-refractivity contribution < 1.29 is 0 Å². The maximum absolute atomic E-state index is 5.72. The van der Waals surface area contributed by atoms with E-state index in [2.05, 4.69) is 43.0 Å². The van der Waals surface area contributed by atoms with Crippen LogP contribution in [0.25, 0.3) is 0 Å². The summed E-state index contributed by atoms with van der Waals surface area (Å²) in [7, 11) is 0. The maximum atomic E-state index is 5.72. The molecule has 2 N–H and O–H groups in total. The second-order valence-electron chi connectivity index (χ2n) is 4.97. The van der Waals surface area contributed by atoms with E-state index < -0.39 is 0 Å². The lowest BCUT2D eigenvalue weighted by Gasteiger charge is -2.38. The summed E-state index contributed by atoms with van der Waals surface area (Å²) in [5.74, 6) is 0.263. The number of para-hydroxylation sites is 1. The normalized spacial score (nSPS) is 20.8. The van der Waals surface area contributed by atoms with Crippen molar-refractivity contribution in [3.63, 3.8) is 0 Å². The van der Waals surface area contributed by atoms with E-state index in [0.717, 1.165) is 6.54 Å². The number of nitrogens with zero attached hydrogens (tertiary/aromatic N) is 1. The van der Waals surface area contributed by atoms with Crippen LogP contribution >= 0.6 is 12.2 Å². The van der Waals surface area contributed by atoms with Crippen molar-refractivity contribution in [1.82, 2.24) is 0 Å². The van der Waals surface area contributed by atoms with Gasteiger partial charge in [0.15, 0.2) is 0 Å². The highest BCUT2D eigenvalue weighted by molar-refractivity contribution is 7.80. The molecular weight excluding hydrogens is 228 g/mol. The van der Waals surface area contributed by atoms with Crippen molar-refractivity contribution in [2.75, 3.05) is 11.4 Å². The Bertz CT molecular complexity index is 416.